The van der Waals surface area contributed by atoms with E-state index in [-0.39, 0.29) is 12.4 Å². The third-order valence-electron chi connectivity index (χ3n) is 4.01. The van der Waals surface area contributed by atoms with Crippen molar-refractivity contribution in [2.24, 2.45) is 0 Å². The van der Waals surface area contributed by atoms with Gasteiger partial charge in [0.2, 0.25) is 0 Å². The second kappa shape index (κ2) is 7.45. The lowest BCUT2D eigenvalue weighted by molar-refractivity contribution is 0.281. The fraction of sp³-hybridized carbons (Fsp3) is 0.211. The predicted molar refractivity (Wildman–Crippen MR) is 92.9 cm³/mol. The number of hydrogen-bond acceptors (Lipinski definition) is 6. The number of aliphatic hydroxyl groups excluding tert-OH is 1. The molecule has 6 nitrogen and oxygen atoms in total. The SMILES string of the molecule is COc1cc(OC)c(-c2onc(-c3ccc(F)cc3)c2CO)cc1OC. The van der Waals surface area contributed by atoms with Crippen molar-refractivity contribution in [1.82, 2.24) is 5.16 Å². The number of methoxy groups -OCH3 is 3. The number of aliphatic hydroxyl groups is 1. The number of ether oxygens (including phenoxy) is 3. The zero-order chi connectivity index (χ0) is 18.7. The fourth-order valence-corrected chi connectivity index (χ4v) is 2.71. The average Bonchev–Trinajstić information content (AvgIpc) is 3.11. The second-order valence-corrected chi connectivity index (χ2v) is 5.41. The van der Waals surface area contributed by atoms with Crippen LogP contribution in [0.25, 0.3) is 22.6 Å². The zero-order valence-electron chi connectivity index (χ0n) is 14.6. The molecule has 0 spiro atoms. The summed E-state index contributed by atoms with van der Waals surface area (Å²) in [4.78, 5) is 0. The largest absolute Gasteiger partial charge is 0.496 e. The van der Waals surface area contributed by atoms with Crippen molar-refractivity contribution in [2.75, 3.05) is 21.3 Å². The summed E-state index contributed by atoms with van der Waals surface area (Å²) in [6, 6.07) is 9.13. The van der Waals surface area contributed by atoms with E-state index in [1.54, 1.807) is 24.3 Å². The molecule has 7 heteroatoms. The van der Waals surface area contributed by atoms with Crippen molar-refractivity contribution >= 4 is 0 Å². The van der Waals surface area contributed by atoms with E-state index in [1.165, 1.54) is 33.5 Å². The molecular weight excluding hydrogens is 341 g/mol. The Balaban J connectivity index is 2.17. The van der Waals surface area contributed by atoms with Gasteiger partial charge < -0.3 is 23.8 Å². The van der Waals surface area contributed by atoms with E-state index in [4.69, 9.17) is 18.7 Å². The Morgan fingerprint density at radius 2 is 1.58 bits per heavy atom. The molecule has 3 aromatic rings. The first-order valence-electron chi connectivity index (χ1n) is 7.78. The molecule has 1 aromatic heterocycles. The molecule has 0 aliphatic carbocycles. The van der Waals surface area contributed by atoms with Crippen LogP contribution < -0.4 is 14.2 Å². The van der Waals surface area contributed by atoms with E-state index in [0.29, 0.717) is 45.4 Å². The number of hydrogen-bond donors (Lipinski definition) is 1. The summed E-state index contributed by atoms with van der Waals surface area (Å²) in [7, 11) is 4.56. The summed E-state index contributed by atoms with van der Waals surface area (Å²) < 4.78 is 34.7. The van der Waals surface area contributed by atoms with Crippen LogP contribution in [0.15, 0.2) is 40.9 Å². The standard InChI is InChI=1S/C19H18FNO5/c1-23-15-9-17(25-3)16(24-2)8-13(15)19-14(10-22)18(21-26-19)11-4-6-12(20)7-5-11/h4-9,22H,10H2,1-3H3. The highest BCUT2D eigenvalue weighted by Crippen LogP contribution is 2.43. The van der Waals surface area contributed by atoms with Crippen LogP contribution in [-0.4, -0.2) is 31.6 Å². The maximum atomic E-state index is 13.2. The topological polar surface area (TPSA) is 74.0 Å². The van der Waals surface area contributed by atoms with Crippen LogP contribution >= 0.6 is 0 Å². The van der Waals surface area contributed by atoms with Gasteiger partial charge in [0.25, 0.3) is 0 Å². The van der Waals surface area contributed by atoms with Crippen molar-refractivity contribution < 1.29 is 28.2 Å². The molecule has 0 aliphatic rings. The number of rotatable bonds is 6. The van der Waals surface area contributed by atoms with Gasteiger partial charge in [-0.2, -0.15) is 0 Å². The minimum Gasteiger partial charge on any atom is -0.496 e. The third-order valence-corrected chi connectivity index (χ3v) is 4.01. The molecule has 0 saturated heterocycles. The summed E-state index contributed by atoms with van der Waals surface area (Å²) in [5, 5.41) is 13.9. The molecule has 3 rings (SSSR count). The summed E-state index contributed by atoms with van der Waals surface area (Å²) >= 11 is 0. The van der Waals surface area contributed by atoms with Crippen molar-refractivity contribution in [3.63, 3.8) is 0 Å². The van der Waals surface area contributed by atoms with Crippen LogP contribution in [0.1, 0.15) is 5.56 Å². The maximum absolute atomic E-state index is 13.2. The van der Waals surface area contributed by atoms with Crippen molar-refractivity contribution in [3.8, 4) is 39.8 Å². The van der Waals surface area contributed by atoms with Gasteiger partial charge in [-0.25, -0.2) is 4.39 Å². The van der Waals surface area contributed by atoms with Gasteiger partial charge in [-0.3, -0.25) is 0 Å². The van der Waals surface area contributed by atoms with Gasteiger partial charge in [-0.15, -0.1) is 0 Å². The fourth-order valence-electron chi connectivity index (χ4n) is 2.71. The smallest absolute Gasteiger partial charge is 0.176 e. The molecule has 136 valence electrons. The van der Waals surface area contributed by atoms with E-state index < -0.39 is 0 Å². The molecule has 26 heavy (non-hydrogen) atoms. The molecule has 2 aromatic carbocycles. The van der Waals surface area contributed by atoms with Gasteiger partial charge in [0.15, 0.2) is 17.3 Å². The quantitative estimate of drug-likeness (QED) is 0.724. The van der Waals surface area contributed by atoms with Gasteiger partial charge in [0.1, 0.15) is 17.3 Å². The molecule has 0 aliphatic heterocycles. The van der Waals surface area contributed by atoms with Crippen LogP contribution in [0.3, 0.4) is 0 Å². The molecular formula is C19H18FNO5. The first-order chi connectivity index (χ1) is 12.6. The van der Waals surface area contributed by atoms with Crippen LogP contribution in [0.4, 0.5) is 4.39 Å². The van der Waals surface area contributed by atoms with Gasteiger partial charge in [0.05, 0.1) is 39.1 Å². The van der Waals surface area contributed by atoms with Crippen LogP contribution in [-0.2, 0) is 6.61 Å². The molecule has 0 unspecified atom stereocenters. The summed E-state index contributed by atoms with van der Waals surface area (Å²) in [6.45, 7) is -0.316. The number of aromatic nitrogens is 1. The Kier molecular flexibility index (Phi) is 5.09. The summed E-state index contributed by atoms with van der Waals surface area (Å²) in [5.41, 5.74) is 2.07. The average molecular weight is 359 g/mol. The highest BCUT2D eigenvalue weighted by atomic mass is 19.1. The summed E-state index contributed by atoms with van der Waals surface area (Å²) in [5.74, 6) is 1.43. The maximum Gasteiger partial charge on any atom is 0.176 e. The van der Waals surface area contributed by atoms with Gasteiger partial charge >= 0.3 is 0 Å². The lowest BCUT2D eigenvalue weighted by Gasteiger charge is -2.13. The van der Waals surface area contributed by atoms with Crippen molar-refractivity contribution in [3.05, 3.63) is 47.8 Å². The first-order valence-corrected chi connectivity index (χ1v) is 7.78. The molecule has 0 radical (unpaired) electrons. The highest BCUT2D eigenvalue weighted by molar-refractivity contribution is 5.77. The van der Waals surface area contributed by atoms with E-state index in [9.17, 15) is 9.50 Å². The molecule has 0 saturated carbocycles. The Hall–Kier alpha value is -3.06. The molecule has 1 heterocycles. The van der Waals surface area contributed by atoms with E-state index in [2.05, 4.69) is 5.16 Å². The lowest BCUT2D eigenvalue weighted by atomic mass is 10.0. The third kappa shape index (κ3) is 3.09. The molecule has 0 amide bonds. The second-order valence-electron chi connectivity index (χ2n) is 5.41. The minimum absolute atomic E-state index is 0.316. The number of nitrogens with zero attached hydrogens (tertiary/aromatic N) is 1. The molecule has 0 atom stereocenters. The molecule has 0 bridgehead atoms. The highest BCUT2D eigenvalue weighted by Gasteiger charge is 2.23. The zero-order valence-corrected chi connectivity index (χ0v) is 14.6. The number of halogens is 1. The summed E-state index contributed by atoms with van der Waals surface area (Å²) in [6.07, 6.45) is 0. The van der Waals surface area contributed by atoms with E-state index in [0.717, 1.165) is 0 Å². The molecule has 1 N–H and O–H groups in total. The van der Waals surface area contributed by atoms with E-state index in [1.807, 2.05) is 0 Å². The first kappa shape index (κ1) is 17.8. The van der Waals surface area contributed by atoms with Crippen molar-refractivity contribution in [2.45, 2.75) is 6.61 Å². The Labute approximate surface area is 149 Å². The Morgan fingerprint density at radius 3 is 2.15 bits per heavy atom. The van der Waals surface area contributed by atoms with Gasteiger partial charge in [0, 0.05) is 11.6 Å². The normalized spacial score (nSPS) is 10.7. The van der Waals surface area contributed by atoms with E-state index >= 15 is 0 Å². The van der Waals surface area contributed by atoms with Crippen LogP contribution in [0.2, 0.25) is 0 Å². The monoisotopic (exact) mass is 359 g/mol. The van der Waals surface area contributed by atoms with Gasteiger partial charge in [-0.1, -0.05) is 5.16 Å². The lowest BCUT2D eigenvalue weighted by Crippen LogP contribution is -1.96. The minimum atomic E-state index is -0.357. The van der Waals surface area contributed by atoms with Gasteiger partial charge in [-0.05, 0) is 30.3 Å². The van der Waals surface area contributed by atoms with Crippen molar-refractivity contribution in [1.29, 1.82) is 0 Å². The number of benzene rings is 2. The Bertz CT molecular complexity index is 905. The predicted octanol–water partition coefficient (Wildman–Crippen LogP) is 3.67. The van der Waals surface area contributed by atoms with Crippen LogP contribution in [0, 0.1) is 5.82 Å². The Morgan fingerprint density at radius 1 is 0.962 bits per heavy atom. The molecule has 0 fully saturated rings. The van der Waals surface area contributed by atoms with Crippen LogP contribution in [0.5, 0.6) is 17.2 Å².